The lowest BCUT2D eigenvalue weighted by Gasteiger charge is -2.10. The molecule has 0 fully saturated rings. The predicted molar refractivity (Wildman–Crippen MR) is 117 cm³/mol. The van der Waals surface area contributed by atoms with Crippen LogP contribution in [0, 0.1) is 13.8 Å². The fraction of sp³-hybridized carbons (Fsp3) is 0.150. The van der Waals surface area contributed by atoms with Crippen molar-refractivity contribution >= 4 is 56.1 Å². The number of nitrogens with one attached hydrogen (secondary N) is 1. The van der Waals surface area contributed by atoms with Crippen LogP contribution >= 0.6 is 34.3 Å². The van der Waals surface area contributed by atoms with Crippen LogP contribution in [-0.4, -0.2) is 15.5 Å². The Morgan fingerprint density at radius 1 is 1.25 bits per heavy atom. The highest BCUT2D eigenvalue weighted by molar-refractivity contribution is 7.19. The third kappa shape index (κ3) is 3.61. The van der Waals surface area contributed by atoms with Gasteiger partial charge >= 0.3 is 0 Å². The van der Waals surface area contributed by atoms with E-state index in [0.29, 0.717) is 20.9 Å². The Kier molecular flexibility index (Phi) is 5.05. The molecule has 0 atom stereocenters. The zero-order valence-corrected chi connectivity index (χ0v) is 17.5. The first kappa shape index (κ1) is 18.9. The number of benzene rings is 1. The number of nitrogens with zero attached hydrogens (tertiary/aromatic N) is 2. The molecular weight excluding hydrogens is 414 g/mol. The molecule has 0 saturated heterocycles. The molecule has 28 heavy (non-hydrogen) atoms. The maximum Gasteiger partial charge on any atom is 0.263 e. The van der Waals surface area contributed by atoms with E-state index in [2.05, 4.69) is 10.3 Å². The zero-order valence-electron chi connectivity index (χ0n) is 15.2. The van der Waals surface area contributed by atoms with Crippen LogP contribution < -0.4 is 10.9 Å². The first-order valence-electron chi connectivity index (χ1n) is 8.52. The highest BCUT2D eigenvalue weighted by Crippen LogP contribution is 2.34. The molecule has 1 aromatic carbocycles. The summed E-state index contributed by atoms with van der Waals surface area (Å²) in [7, 11) is 0. The molecule has 0 aliphatic carbocycles. The fourth-order valence-corrected chi connectivity index (χ4v) is 4.95. The van der Waals surface area contributed by atoms with Crippen LogP contribution in [0.15, 0.2) is 46.8 Å². The van der Waals surface area contributed by atoms with Crippen LogP contribution in [0.2, 0.25) is 5.02 Å². The Morgan fingerprint density at radius 2 is 2.07 bits per heavy atom. The summed E-state index contributed by atoms with van der Waals surface area (Å²) in [5, 5.41) is 5.85. The summed E-state index contributed by atoms with van der Waals surface area (Å²) in [5.41, 5.74) is 2.18. The molecule has 0 aliphatic heterocycles. The molecule has 4 aromatic rings. The lowest BCUT2D eigenvalue weighted by atomic mass is 10.2. The molecule has 0 radical (unpaired) electrons. The SMILES string of the molecule is Cc1ccc(-c2csc3ncn(CC(=O)Nc4cc(Cl)ccc4C)c(=O)c23)s1. The summed E-state index contributed by atoms with van der Waals surface area (Å²) >= 11 is 9.07. The van der Waals surface area contributed by atoms with Crippen molar-refractivity contribution in [3.8, 4) is 10.4 Å². The summed E-state index contributed by atoms with van der Waals surface area (Å²) < 4.78 is 1.34. The van der Waals surface area contributed by atoms with E-state index >= 15 is 0 Å². The van der Waals surface area contributed by atoms with Crippen molar-refractivity contribution in [2.24, 2.45) is 0 Å². The second kappa shape index (κ2) is 7.50. The number of carbonyl (C=O) groups excluding carboxylic acids is 1. The lowest BCUT2D eigenvalue weighted by Crippen LogP contribution is -2.28. The molecule has 4 rings (SSSR count). The molecule has 3 aromatic heterocycles. The maximum atomic E-state index is 13.0. The molecule has 8 heteroatoms. The average molecular weight is 430 g/mol. The van der Waals surface area contributed by atoms with Gasteiger partial charge in [-0.15, -0.1) is 22.7 Å². The van der Waals surface area contributed by atoms with Crippen LogP contribution in [0.5, 0.6) is 0 Å². The van der Waals surface area contributed by atoms with Crippen molar-refractivity contribution in [2.45, 2.75) is 20.4 Å². The van der Waals surface area contributed by atoms with Crippen molar-refractivity contribution in [1.29, 1.82) is 0 Å². The quantitative estimate of drug-likeness (QED) is 0.491. The molecule has 142 valence electrons. The maximum absolute atomic E-state index is 13.0. The van der Waals surface area contributed by atoms with Crippen LogP contribution in [0.4, 0.5) is 5.69 Å². The second-order valence-electron chi connectivity index (χ2n) is 6.42. The zero-order chi connectivity index (χ0) is 19.8. The van der Waals surface area contributed by atoms with Gasteiger partial charge in [-0.1, -0.05) is 17.7 Å². The van der Waals surface area contributed by atoms with E-state index < -0.39 is 0 Å². The number of aromatic nitrogens is 2. The first-order valence-corrected chi connectivity index (χ1v) is 10.6. The van der Waals surface area contributed by atoms with Gasteiger partial charge in [0.05, 0.1) is 11.7 Å². The van der Waals surface area contributed by atoms with Gasteiger partial charge in [-0.3, -0.25) is 14.2 Å². The number of halogens is 1. The number of amides is 1. The molecule has 1 N–H and O–H groups in total. The van der Waals surface area contributed by atoms with Gasteiger partial charge in [-0.05, 0) is 43.7 Å². The molecule has 0 aliphatic rings. The summed E-state index contributed by atoms with van der Waals surface area (Å²) in [6.07, 6.45) is 1.43. The Morgan fingerprint density at radius 3 is 2.82 bits per heavy atom. The average Bonchev–Trinajstić information content (AvgIpc) is 3.27. The molecule has 0 spiro atoms. The van der Waals surface area contributed by atoms with E-state index in [1.54, 1.807) is 23.5 Å². The van der Waals surface area contributed by atoms with Gasteiger partial charge < -0.3 is 5.32 Å². The number of anilines is 1. The van der Waals surface area contributed by atoms with Gasteiger partial charge in [0.2, 0.25) is 5.91 Å². The predicted octanol–water partition coefficient (Wildman–Crippen LogP) is 5.10. The molecule has 5 nitrogen and oxygen atoms in total. The van der Waals surface area contributed by atoms with Crippen molar-refractivity contribution in [3.63, 3.8) is 0 Å². The van der Waals surface area contributed by atoms with Gasteiger partial charge in [0.1, 0.15) is 11.4 Å². The standard InChI is InChI=1S/C20H16ClN3O2S2/c1-11-3-5-13(21)7-15(11)23-17(25)8-24-10-22-19-18(20(24)26)14(9-27-19)16-6-4-12(2)28-16/h3-7,9-10H,8H2,1-2H3,(H,23,25). The Labute approximate surface area is 174 Å². The third-order valence-corrected chi connectivity index (χ3v) is 6.51. The van der Waals surface area contributed by atoms with E-state index in [0.717, 1.165) is 16.0 Å². The van der Waals surface area contributed by atoms with Crippen molar-refractivity contribution in [1.82, 2.24) is 9.55 Å². The minimum Gasteiger partial charge on any atom is -0.324 e. The summed E-state index contributed by atoms with van der Waals surface area (Å²) in [6.45, 7) is 3.79. The van der Waals surface area contributed by atoms with Crippen molar-refractivity contribution in [2.75, 3.05) is 5.32 Å². The van der Waals surface area contributed by atoms with E-state index in [9.17, 15) is 9.59 Å². The fourth-order valence-electron chi connectivity index (χ4n) is 2.91. The second-order valence-corrected chi connectivity index (χ2v) is 9.01. The van der Waals surface area contributed by atoms with Crippen LogP contribution in [-0.2, 0) is 11.3 Å². The van der Waals surface area contributed by atoms with Crippen LogP contribution in [0.25, 0.3) is 20.7 Å². The molecule has 0 bridgehead atoms. The van der Waals surface area contributed by atoms with Gasteiger partial charge in [0, 0.05) is 31.4 Å². The molecule has 3 heterocycles. The monoisotopic (exact) mass is 429 g/mol. The first-order chi connectivity index (χ1) is 13.4. The number of rotatable bonds is 4. The molecule has 0 saturated carbocycles. The third-order valence-electron chi connectivity index (χ3n) is 4.35. The molecule has 0 unspecified atom stereocenters. The minimum absolute atomic E-state index is 0.119. The normalized spacial score (nSPS) is 11.1. The molecule has 1 amide bonds. The lowest BCUT2D eigenvalue weighted by molar-refractivity contribution is -0.116. The van der Waals surface area contributed by atoms with E-state index in [4.69, 9.17) is 11.6 Å². The number of thiophene rings is 2. The van der Waals surface area contributed by atoms with Crippen LogP contribution in [0.1, 0.15) is 10.4 Å². The van der Waals surface area contributed by atoms with E-state index in [1.807, 2.05) is 37.4 Å². The van der Waals surface area contributed by atoms with Crippen molar-refractivity contribution in [3.05, 3.63) is 67.9 Å². The topological polar surface area (TPSA) is 64.0 Å². The number of carbonyl (C=O) groups is 1. The van der Waals surface area contributed by atoms with Crippen molar-refractivity contribution < 1.29 is 4.79 Å². The number of aryl methyl sites for hydroxylation is 2. The Balaban J connectivity index is 1.66. The van der Waals surface area contributed by atoms with Gasteiger partial charge in [0.25, 0.3) is 5.56 Å². The summed E-state index contributed by atoms with van der Waals surface area (Å²) in [5.74, 6) is -0.308. The van der Waals surface area contributed by atoms with Crippen LogP contribution in [0.3, 0.4) is 0 Å². The van der Waals surface area contributed by atoms with E-state index in [1.165, 1.54) is 27.1 Å². The Bertz CT molecular complexity index is 1260. The van der Waals surface area contributed by atoms with Gasteiger partial charge in [0.15, 0.2) is 0 Å². The van der Waals surface area contributed by atoms with Gasteiger partial charge in [-0.25, -0.2) is 4.98 Å². The number of hydrogen-bond donors (Lipinski definition) is 1. The summed E-state index contributed by atoms with van der Waals surface area (Å²) in [6, 6.07) is 9.32. The Hall–Kier alpha value is -2.48. The summed E-state index contributed by atoms with van der Waals surface area (Å²) in [4.78, 5) is 32.8. The number of fused-ring (bicyclic) bond motifs is 1. The number of hydrogen-bond acceptors (Lipinski definition) is 5. The molecular formula is C20H16ClN3O2S2. The highest BCUT2D eigenvalue weighted by Gasteiger charge is 2.16. The van der Waals surface area contributed by atoms with Gasteiger partial charge in [-0.2, -0.15) is 0 Å². The minimum atomic E-state index is -0.308. The highest BCUT2D eigenvalue weighted by atomic mass is 35.5. The smallest absolute Gasteiger partial charge is 0.263 e. The largest absolute Gasteiger partial charge is 0.324 e. The van der Waals surface area contributed by atoms with E-state index in [-0.39, 0.29) is 18.0 Å².